The fourth-order valence-corrected chi connectivity index (χ4v) is 2.19. The molecule has 0 fully saturated rings. The van der Waals surface area contributed by atoms with Crippen LogP contribution in [0.5, 0.6) is 17.2 Å². The molecular weight excluding hydrogens is 374 g/mol. The molecule has 8 heteroatoms. The SMILES string of the molecule is COC(=O)C=Cc1ccc(OCC(=O)c2ccc(OC(F)F)cc2)c(OC)c1. The van der Waals surface area contributed by atoms with Gasteiger partial charge in [-0.3, -0.25) is 4.79 Å². The lowest BCUT2D eigenvalue weighted by molar-refractivity contribution is -0.134. The van der Waals surface area contributed by atoms with Crippen LogP contribution in [0.2, 0.25) is 0 Å². The summed E-state index contributed by atoms with van der Waals surface area (Å²) in [5, 5.41) is 0. The van der Waals surface area contributed by atoms with Gasteiger partial charge in [0, 0.05) is 11.6 Å². The van der Waals surface area contributed by atoms with E-state index in [1.807, 2.05) is 0 Å². The number of hydrogen-bond acceptors (Lipinski definition) is 6. The summed E-state index contributed by atoms with van der Waals surface area (Å²) in [6, 6.07) is 10.2. The van der Waals surface area contributed by atoms with Crippen molar-refractivity contribution in [3.8, 4) is 17.2 Å². The van der Waals surface area contributed by atoms with Gasteiger partial charge in [0.05, 0.1) is 14.2 Å². The molecule has 0 aromatic heterocycles. The minimum Gasteiger partial charge on any atom is -0.493 e. The van der Waals surface area contributed by atoms with E-state index < -0.39 is 12.6 Å². The van der Waals surface area contributed by atoms with Gasteiger partial charge in [-0.1, -0.05) is 6.07 Å². The molecule has 0 aliphatic heterocycles. The molecule has 0 N–H and O–H groups in total. The zero-order valence-electron chi connectivity index (χ0n) is 15.2. The summed E-state index contributed by atoms with van der Waals surface area (Å²) in [6.45, 7) is -3.20. The van der Waals surface area contributed by atoms with Crippen LogP contribution >= 0.6 is 0 Å². The standard InChI is InChI=1S/C20H18F2O6/c1-25-18-11-13(4-10-19(24)26-2)3-9-17(18)27-12-16(23)14-5-7-15(8-6-14)28-20(21)22/h3-11,20H,12H2,1-2H3. The van der Waals surface area contributed by atoms with Crippen molar-refractivity contribution in [3.63, 3.8) is 0 Å². The van der Waals surface area contributed by atoms with Gasteiger partial charge < -0.3 is 18.9 Å². The van der Waals surface area contributed by atoms with Crippen molar-refractivity contribution < 1.29 is 37.3 Å². The molecule has 0 aliphatic carbocycles. The molecule has 0 amide bonds. The molecule has 148 valence electrons. The number of carbonyl (C=O) groups is 2. The normalized spacial score (nSPS) is 10.8. The highest BCUT2D eigenvalue weighted by Crippen LogP contribution is 2.28. The molecule has 0 atom stereocenters. The number of carbonyl (C=O) groups excluding carboxylic acids is 2. The van der Waals surface area contributed by atoms with Gasteiger partial charge in [-0.05, 0) is 48.0 Å². The van der Waals surface area contributed by atoms with Crippen LogP contribution in [0.15, 0.2) is 48.5 Å². The van der Waals surface area contributed by atoms with Gasteiger partial charge in [-0.15, -0.1) is 0 Å². The molecule has 0 saturated carbocycles. The molecule has 28 heavy (non-hydrogen) atoms. The molecule has 0 bridgehead atoms. The van der Waals surface area contributed by atoms with Gasteiger partial charge in [0.2, 0.25) is 0 Å². The Balaban J connectivity index is 2.02. The second-order valence-corrected chi connectivity index (χ2v) is 5.38. The summed E-state index contributed by atoms with van der Waals surface area (Å²) >= 11 is 0. The summed E-state index contributed by atoms with van der Waals surface area (Å²) in [6.07, 6.45) is 2.81. The zero-order chi connectivity index (χ0) is 20.5. The summed E-state index contributed by atoms with van der Waals surface area (Å²) in [7, 11) is 2.72. The molecule has 6 nitrogen and oxygen atoms in total. The number of hydrogen-bond donors (Lipinski definition) is 0. The molecule has 2 aromatic rings. The lowest BCUT2D eigenvalue weighted by atomic mass is 10.1. The number of ketones is 1. The van der Waals surface area contributed by atoms with E-state index in [-0.39, 0.29) is 18.1 Å². The smallest absolute Gasteiger partial charge is 0.387 e. The van der Waals surface area contributed by atoms with Gasteiger partial charge in [0.1, 0.15) is 5.75 Å². The first kappa shape index (κ1) is 20.9. The first-order valence-corrected chi connectivity index (χ1v) is 8.08. The van der Waals surface area contributed by atoms with Crippen LogP contribution in [0, 0.1) is 0 Å². The number of rotatable bonds is 9. The van der Waals surface area contributed by atoms with E-state index in [2.05, 4.69) is 9.47 Å². The van der Waals surface area contributed by atoms with Crippen molar-refractivity contribution in [1.82, 2.24) is 0 Å². The average molecular weight is 392 g/mol. The van der Waals surface area contributed by atoms with E-state index in [1.54, 1.807) is 24.3 Å². The van der Waals surface area contributed by atoms with E-state index >= 15 is 0 Å². The number of halogens is 2. The van der Waals surface area contributed by atoms with E-state index in [0.29, 0.717) is 22.6 Å². The van der Waals surface area contributed by atoms with Gasteiger partial charge in [0.25, 0.3) is 0 Å². The number of ether oxygens (including phenoxy) is 4. The second kappa shape index (κ2) is 10.1. The Morgan fingerprint density at radius 2 is 1.75 bits per heavy atom. The van der Waals surface area contributed by atoms with E-state index in [1.165, 1.54) is 44.6 Å². The van der Waals surface area contributed by atoms with Crippen LogP contribution in [0.3, 0.4) is 0 Å². The fourth-order valence-electron chi connectivity index (χ4n) is 2.19. The molecule has 0 saturated heterocycles. The van der Waals surface area contributed by atoms with E-state index in [4.69, 9.17) is 9.47 Å². The summed E-state index contributed by atoms with van der Waals surface area (Å²) in [4.78, 5) is 23.4. The quantitative estimate of drug-likeness (QED) is 0.368. The van der Waals surface area contributed by atoms with Gasteiger partial charge in [-0.2, -0.15) is 8.78 Å². The third-order valence-corrected chi connectivity index (χ3v) is 3.56. The molecule has 2 rings (SSSR count). The van der Waals surface area contributed by atoms with E-state index in [9.17, 15) is 18.4 Å². The van der Waals surface area contributed by atoms with Crippen LogP contribution in [-0.2, 0) is 9.53 Å². The Morgan fingerprint density at radius 3 is 2.36 bits per heavy atom. The molecule has 0 aliphatic rings. The predicted molar refractivity (Wildman–Crippen MR) is 96.9 cm³/mol. The monoisotopic (exact) mass is 392 g/mol. The lowest BCUT2D eigenvalue weighted by Gasteiger charge is -2.11. The summed E-state index contributed by atoms with van der Waals surface area (Å²) < 4.78 is 43.8. The maximum Gasteiger partial charge on any atom is 0.387 e. The highest BCUT2D eigenvalue weighted by molar-refractivity contribution is 5.97. The second-order valence-electron chi connectivity index (χ2n) is 5.38. The van der Waals surface area contributed by atoms with Crippen molar-refractivity contribution in [1.29, 1.82) is 0 Å². The maximum absolute atomic E-state index is 12.2. The minimum atomic E-state index is -2.93. The highest BCUT2D eigenvalue weighted by Gasteiger charge is 2.11. The summed E-state index contributed by atoms with van der Waals surface area (Å²) in [5.41, 5.74) is 0.966. The minimum absolute atomic E-state index is 0.0373. The molecular formula is C20H18F2O6. The maximum atomic E-state index is 12.2. The van der Waals surface area contributed by atoms with Gasteiger partial charge in [-0.25, -0.2) is 4.79 Å². The number of benzene rings is 2. The Kier molecular flexibility index (Phi) is 7.50. The number of esters is 1. The molecule has 0 spiro atoms. The molecule has 0 heterocycles. The fraction of sp³-hybridized carbons (Fsp3) is 0.200. The molecule has 0 radical (unpaired) electrons. The van der Waals surface area contributed by atoms with Crippen LogP contribution in [0.4, 0.5) is 8.78 Å². The highest BCUT2D eigenvalue weighted by atomic mass is 19.3. The van der Waals surface area contributed by atoms with Crippen molar-refractivity contribution in [2.45, 2.75) is 6.61 Å². The Labute approximate surface area is 160 Å². The van der Waals surface area contributed by atoms with Crippen molar-refractivity contribution >= 4 is 17.8 Å². The topological polar surface area (TPSA) is 71.1 Å². The Morgan fingerprint density at radius 1 is 1.04 bits per heavy atom. The predicted octanol–water partition coefficient (Wildman–Crippen LogP) is 3.74. The van der Waals surface area contributed by atoms with E-state index in [0.717, 1.165) is 0 Å². The number of Topliss-reactive ketones (excluding diaryl/α,β-unsaturated/α-hetero) is 1. The molecule has 2 aromatic carbocycles. The van der Waals surface area contributed by atoms with Crippen molar-refractivity contribution in [2.75, 3.05) is 20.8 Å². The first-order chi connectivity index (χ1) is 13.4. The third-order valence-electron chi connectivity index (χ3n) is 3.56. The molecule has 0 unspecified atom stereocenters. The lowest BCUT2D eigenvalue weighted by Crippen LogP contribution is -2.12. The van der Waals surface area contributed by atoms with Crippen LogP contribution in [0.1, 0.15) is 15.9 Å². The van der Waals surface area contributed by atoms with Crippen LogP contribution in [-0.4, -0.2) is 39.2 Å². The Hall–Kier alpha value is -3.42. The zero-order valence-corrected chi connectivity index (χ0v) is 15.2. The largest absolute Gasteiger partial charge is 0.493 e. The summed E-state index contributed by atoms with van der Waals surface area (Å²) in [5.74, 6) is -0.163. The van der Waals surface area contributed by atoms with Crippen molar-refractivity contribution in [3.05, 3.63) is 59.7 Å². The van der Waals surface area contributed by atoms with Gasteiger partial charge in [0.15, 0.2) is 23.9 Å². The first-order valence-electron chi connectivity index (χ1n) is 8.08. The van der Waals surface area contributed by atoms with Crippen molar-refractivity contribution in [2.24, 2.45) is 0 Å². The number of alkyl halides is 2. The van der Waals surface area contributed by atoms with Crippen LogP contribution in [0.25, 0.3) is 6.08 Å². The average Bonchev–Trinajstić information content (AvgIpc) is 2.70. The van der Waals surface area contributed by atoms with Gasteiger partial charge >= 0.3 is 12.6 Å². The third kappa shape index (κ3) is 6.08. The number of methoxy groups -OCH3 is 2. The Bertz CT molecular complexity index is 846. The van der Waals surface area contributed by atoms with Crippen LogP contribution < -0.4 is 14.2 Å².